The molecule has 2 N–H and O–H groups in total. The second-order valence-electron chi connectivity index (χ2n) is 8.53. The van der Waals surface area contributed by atoms with Gasteiger partial charge in [-0.15, -0.1) is 0 Å². The molecule has 2 atom stereocenters. The first kappa shape index (κ1) is 21.9. The minimum atomic E-state index is -1.01. The maximum atomic E-state index is 11.5. The van der Waals surface area contributed by atoms with E-state index in [1.807, 2.05) is 30.3 Å². The molecule has 2 fully saturated rings. The standard InChI is InChI=1S/C25H24ClN3O3S/c26-18-10-9-15(24(30)31)14-17(18)20-11-12-21(32-20)23-22(19-8-4-5-13-27-19)28-25(33)29(23)16-6-2-1-3-7-16/h4-5,8-14,16,22-23H,1-3,6-7H2,(H,28,33)(H,30,31)/t22-,23-/m1/s1. The minimum Gasteiger partial charge on any atom is -0.478 e. The number of rotatable bonds is 5. The van der Waals surface area contributed by atoms with E-state index in [1.54, 1.807) is 18.3 Å². The first-order valence-electron chi connectivity index (χ1n) is 11.2. The van der Waals surface area contributed by atoms with Gasteiger partial charge in [0.2, 0.25) is 0 Å². The Morgan fingerprint density at radius 2 is 1.97 bits per heavy atom. The number of nitrogens with zero attached hydrogens (tertiary/aromatic N) is 2. The summed E-state index contributed by atoms with van der Waals surface area (Å²) >= 11 is 12.2. The van der Waals surface area contributed by atoms with E-state index in [2.05, 4.69) is 15.2 Å². The van der Waals surface area contributed by atoms with E-state index in [9.17, 15) is 9.90 Å². The molecule has 1 aliphatic heterocycles. The number of hydrogen-bond acceptors (Lipinski definition) is 4. The number of aromatic carboxylic acids is 1. The predicted octanol–water partition coefficient (Wildman–Crippen LogP) is 6.00. The van der Waals surface area contributed by atoms with Crippen molar-refractivity contribution in [3.05, 3.63) is 76.8 Å². The Bertz CT molecular complexity index is 1180. The normalized spacial score (nSPS) is 21.2. The molecule has 8 heteroatoms. The van der Waals surface area contributed by atoms with E-state index in [4.69, 9.17) is 28.2 Å². The second kappa shape index (κ2) is 9.15. The fourth-order valence-corrected chi connectivity index (χ4v) is 5.53. The highest BCUT2D eigenvalue weighted by molar-refractivity contribution is 7.80. The van der Waals surface area contributed by atoms with E-state index < -0.39 is 5.97 Å². The van der Waals surface area contributed by atoms with Crippen LogP contribution in [-0.2, 0) is 0 Å². The van der Waals surface area contributed by atoms with Crippen molar-refractivity contribution >= 4 is 34.9 Å². The largest absolute Gasteiger partial charge is 0.478 e. The van der Waals surface area contributed by atoms with Gasteiger partial charge in [-0.2, -0.15) is 0 Å². The smallest absolute Gasteiger partial charge is 0.335 e. The number of nitrogens with one attached hydrogen (secondary N) is 1. The molecule has 1 saturated heterocycles. The monoisotopic (exact) mass is 481 g/mol. The van der Waals surface area contributed by atoms with Crippen LogP contribution < -0.4 is 5.32 Å². The number of furan rings is 1. The van der Waals surface area contributed by atoms with Gasteiger partial charge in [0.1, 0.15) is 17.6 Å². The summed E-state index contributed by atoms with van der Waals surface area (Å²) in [6.45, 7) is 0. The summed E-state index contributed by atoms with van der Waals surface area (Å²) < 4.78 is 6.34. The lowest BCUT2D eigenvalue weighted by Crippen LogP contribution is -2.40. The molecule has 0 radical (unpaired) electrons. The number of halogens is 1. The van der Waals surface area contributed by atoms with Gasteiger partial charge in [-0.05, 0) is 67.5 Å². The van der Waals surface area contributed by atoms with Crippen LogP contribution in [-0.4, -0.2) is 32.1 Å². The van der Waals surface area contributed by atoms with Crippen LogP contribution in [0.15, 0.2) is 59.1 Å². The van der Waals surface area contributed by atoms with Crippen molar-refractivity contribution in [2.24, 2.45) is 0 Å². The number of benzene rings is 1. The zero-order valence-corrected chi connectivity index (χ0v) is 19.5. The van der Waals surface area contributed by atoms with E-state index in [-0.39, 0.29) is 17.6 Å². The summed E-state index contributed by atoms with van der Waals surface area (Å²) in [5.41, 5.74) is 1.60. The third-order valence-corrected chi connectivity index (χ3v) is 7.16. The highest BCUT2D eigenvalue weighted by atomic mass is 35.5. The fourth-order valence-electron chi connectivity index (χ4n) is 4.93. The molecule has 0 bridgehead atoms. The van der Waals surface area contributed by atoms with Crippen LogP contribution in [0.3, 0.4) is 0 Å². The molecule has 5 rings (SSSR count). The van der Waals surface area contributed by atoms with Crippen molar-refractivity contribution in [3.63, 3.8) is 0 Å². The van der Waals surface area contributed by atoms with Gasteiger partial charge in [0, 0.05) is 17.8 Å². The minimum absolute atomic E-state index is 0.152. The van der Waals surface area contributed by atoms with Crippen molar-refractivity contribution in [3.8, 4) is 11.3 Å². The summed E-state index contributed by atoms with van der Waals surface area (Å²) in [4.78, 5) is 18.3. The second-order valence-corrected chi connectivity index (χ2v) is 9.32. The summed E-state index contributed by atoms with van der Waals surface area (Å²) in [7, 11) is 0. The number of pyridine rings is 1. The summed E-state index contributed by atoms with van der Waals surface area (Å²) in [6, 6.07) is 14.3. The number of aromatic nitrogens is 1. The quantitative estimate of drug-likeness (QED) is 0.433. The van der Waals surface area contributed by atoms with Crippen LogP contribution in [0.5, 0.6) is 0 Å². The van der Waals surface area contributed by atoms with E-state index >= 15 is 0 Å². The van der Waals surface area contributed by atoms with Crippen molar-refractivity contribution in [2.45, 2.75) is 50.2 Å². The molecular formula is C25H24ClN3O3S. The van der Waals surface area contributed by atoms with Gasteiger partial charge < -0.3 is 19.7 Å². The molecule has 1 aliphatic carbocycles. The van der Waals surface area contributed by atoms with E-state index in [1.165, 1.54) is 25.3 Å². The van der Waals surface area contributed by atoms with Crippen molar-refractivity contribution < 1.29 is 14.3 Å². The Balaban J connectivity index is 1.56. The topological polar surface area (TPSA) is 78.6 Å². The van der Waals surface area contributed by atoms with Crippen molar-refractivity contribution in [2.75, 3.05) is 0 Å². The zero-order chi connectivity index (χ0) is 22.9. The van der Waals surface area contributed by atoms with Gasteiger partial charge in [-0.25, -0.2) is 4.79 Å². The summed E-state index contributed by atoms with van der Waals surface area (Å²) in [5.74, 6) is 0.262. The first-order chi connectivity index (χ1) is 16.0. The van der Waals surface area contributed by atoms with Crippen LogP contribution in [0.25, 0.3) is 11.3 Å². The molecule has 3 aromatic rings. The maximum absolute atomic E-state index is 11.5. The molecule has 0 unspecified atom stereocenters. The third kappa shape index (κ3) is 4.23. The first-order valence-corrected chi connectivity index (χ1v) is 11.9. The number of thiocarbonyl (C=S) groups is 1. The molecule has 33 heavy (non-hydrogen) atoms. The van der Waals surface area contributed by atoms with Gasteiger partial charge in [0.25, 0.3) is 0 Å². The molecule has 1 aromatic carbocycles. The third-order valence-electron chi connectivity index (χ3n) is 6.50. The Labute approximate surface area is 202 Å². The Morgan fingerprint density at radius 1 is 1.15 bits per heavy atom. The molecule has 1 saturated carbocycles. The molecule has 0 spiro atoms. The molecule has 170 valence electrons. The molecular weight excluding hydrogens is 458 g/mol. The average Bonchev–Trinajstić information content (AvgIpc) is 3.45. The SMILES string of the molecule is O=C(O)c1ccc(Cl)c(-c2ccc([C@@H]3[C@@H](c4ccccn4)NC(=S)N3C3CCCCC3)o2)c1. The van der Waals surface area contributed by atoms with E-state index in [0.29, 0.717) is 27.5 Å². The van der Waals surface area contributed by atoms with Crippen LogP contribution in [0.2, 0.25) is 5.02 Å². The predicted molar refractivity (Wildman–Crippen MR) is 130 cm³/mol. The van der Waals surface area contributed by atoms with Crippen LogP contribution in [0.4, 0.5) is 0 Å². The zero-order valence-electron chi connectivity index (χ0n) is 17.9. The summed E-state index contributed by atoms with van der Waals surface area (Å²) in [6.07, 6.45) is 7.59. The van der Waals surface area contributed by atoms with Crippen LogP contribution in [0, 0.1) is 0 Å². The lowest BCUT2D eigenvalue weighted by molar-refractivity contribution is 0.0697. The number of hydrogen-bond donors (Lipinski definition) is 2. The average molecular weight is 482 g/mol. The molecule has 0 amide bonds. The lowest BCUT2D eigenvalue weighted by atomic mass is 9.92. The van der Waals surface area contributed by atoms with Crippen LogP contribution in [0.1, 0.15) is 66.0 Å². The number of carboxylic acids is 1. The van der Waals surface area contributed by atoms with Gasteiger partial charge in [0.15, 0.2) is 5.11 Å². The Hall–Kier alpha value is -2.90. The highest BCUT2D eigenvalue weighted by Crippen LogP contribution is 2.44. The van der Waals surface area contributed by atoms with E-state index in [0.717, 1.165) is 24.3 Å². The van der Waals surface area contributed by atoms with Crippen molar-refractivity contribution in [1.82, 2.24) is 15.2 Å². The number of carboxylic acid groups (broad SMARTS) is 1. The fraction of sp³-hybridized carbons (Fsp3) is 0.320. The van der Waals surface area contributed by atoms with Gasteiger partial charge in [-0.3, -0.25) is 4.98 Å². The lowest BCUT2D eigenvalue weighted by Gasteiger charge is -2.36. The molecule has 6 nitrogen and oxygen atoms in total. The van der Waals surface area contributed by atoms with Gasteiger partial charge >= 0.3 is 5.97 Å². The van der Waals surface area contributed by atoms with Crippen LogP contribution >= 0.6 is 23.8 Å². The Morgan fingerprint density at radius 3 is 2.70 bits per heavy atom. The van der Waals surface area contributed by atoms with Gasteiger partial charge in [-0.1, -0.05) is 36.9 Å². The van der Waals surface area contributed by atoms with Crippen molar-refractivity contribution in [1.29, 1.82) is 0 Å². The molecule has 2 aliphatic rings. The van der Waals surface area contributed by atoms with Gasteiger partial charge in [0.05, 0.1) is 22.3 Å². The molecule has 2 aromatic heterocycles. The number of carbonyl (C=O) groups is 1. The summed E-state index contributed by atoms with van der Waals surface area (Å²) in [5, 5.41) is 14.0. The highest BCUT2D eigenvalue weighted by Gasteiger charge is 2.44. The molecule has 3 heterocycles. The Kier molecular flexibility index (Phi) is 6.08. The maximum Gasteiger partial charge on any atom is 0.335 e.